The number of nitrogens with zero attached hydrogens (tertiary/aromatic N) is 2. The van der Waals surface area contributed by atoms with E-state index in [2.05, 4.69) is 4.98 Å². The maximum Gasteiger partial charge on any atom is 0.201 e. The average Bonchev–Trinajstić information content (AvgIpc) is 2.73. The average molecular weight is 269 g/mol. The van der Waals surface area contributed by atoms with Gasteiger partial charge in [-0.2, -0.15) is 0 Å². The van der Waals surface area contributed by atoms with Crippen LogP contribution in [0.2, 0.25) is 0 Å². The molecule has 1 heterocycles. The molecule has 0 amide bonds. The number of imidazole rings is 1. The highest BCUT2D eigenvalue weighted by Crippen LogP contribution is 2.27. The molecule has 0 fully saturated rings. The minimum Gasteiger partial charge on any atom is -0.369 e. The molecule has 0 radical (unpaired) electrons. The van der Waals surface area contributed by atoms with E-state index >= 15 is 0 Å². The SMILES string of the molecule is Cc1ccc2c(c1)nc(N)n2C(C)c1ccc(F)cc1. The third kappa shape index (κ3) is 2.03. The Morgan fingerprint density at radius 1 is 1.15 bits per heavy atom. The number of aryl methyl sites for hydroxylation is 1. The van der Waals surface area contributed by atoms with Crippen LogP contribution in [0, 0.1) is 12.7 Å². The molecule has 20 heavy (non-hydrogen) atoms. The highest BCUT2D eigenvalue weighted by molar-refractivity contribution is 5.79. The van der Waals surface area contributed by atoms with Gasteiger partial charge in [-0.3, -0.25) is 0 Å². The van der Waals surface area contributed by atoms with Crippen molar-refractivity contribution in [2.75, 3.05) is 5.73 Å². The Labute approximate surface area is 116 Å². The van der Waals surface area contributed by atoms with Crippen LogP contribution in [0.4, 0.5) is 10.3 Å². The fourth-order valence-electron chi connectivity index (χ4n) is 2.52. The minimum atomic E-state index is -0.236. The lowest BCUT2D eigenvalue weighted by Gasteiger charge is -2.16. The highest BCUT2D eigenvalue weighted by atomic mass is 19.1. The van der Waals surface area contributed by atoms with Crippen molar-refractivity contribution < 1.29 is 4.39 Å². The van der Waals surface area contributed by atoms with Gasteiger partial charge in [-0.05, 0) is 49.2 Å². The summed E-state index contributed by atoms with van der Waals surface area (Å²) >= 11 is 0. The van der Waals surface area contributed by atoms with Gasteiger partial charge in [-0.1, -0.05) is 18.2 Å². The number of aromatic nitrogens is 2. The summed E-state index contributed by atoms with van der Waals surface area (Å²) in [4.78, 5) is 4.40. The van der Waals surface area contributed by atoms with E-state index in [1.807, 2.05) is 36.6 Å². The number of halogens is 1. The summed E-state index contributed by atoms with van der Waals surface area (Å²) in [6.45, 7) is 4.06. The fraction of sp³-hybridized carbons (Fsp3) is 0.188. The smallest absolute Gasteiger partial charge is 0.201 e. The van der Waals surface area contributed by atoms with E-state index in [4.69, 9.17) is 5.73 Å². The van der Waals surface area contributed by atoms with Crippen LogP contribution in [-0.2, 0) is 0 Å². The maximum atomic E-state index is 13.0. The quantitative estimate of drug-likeness (QED) is 0.771. The lowest BCUT2D eigenvalue weighted by atomic mass is 10.1. The van der Waals surface area contributed by atoms with Gasteiger partial charge in [0.2, 0.25) is 5.95 Å². The molecule has 1 unspecified atom stereocenters. The Bertz CT molecular complexity index is 759. The van der Waals surface area contributed by atoms with E-state index in [1.165, 1.54) is 12.1 Å². The zero-order chi connectivity index (χ0) is 14.3. The minimum absolute atomic E-state index is 0.00306. The fourth-order valence-corrected chi connectivity index (χ4v) is 2.52. The maximum absolute atomic E-state index is 13.0. The van der Waals surface area contributed by atoms with Gasteiger partial charge in [-0.15, -0.1) is 0 Å². The second kappa shape index (κ2) is 4.63. The molecule has 3 nitrogen and oxygen atoms in total. The Hall–Kier alpha value is -2.36. The molecule has 0 saturated carbocycles. The first-order chi connectivity index (χ1) is 9.56. The highest BCUT2D eigenvalue weighted by Gasteiger charge is 2.15. The Kier molecular flexibility index (Phi) is 2.93. The van der Waals surface area contributed by atoms with E-state index in [0.29, 0.717) is 5.95 Å². The molecule has 3 rings (SSSR count). The number of hydrogen-bond acceptors (Lipinski definition) is 2. The van der Waals surface area contributed by atoms with E-state index in [9.17, 15) is 4.39 Å². The van der Waals surface area contributed by atoms with Gasteiger partial charge in [0.25, 0.3) is 0 Å². The van der Waals surface area contributed by atoms with Crippen LogP contribution >= 0.6 is 0 Å². The molecule has 4 heteroatoms. The number of hydrogen-bond donors (Lipinski definition) is 1. The van der Waals surface area contributed by atoms with Crippen molar-refractivity contribution in [3.63, 3.8) is 0 Å². The number of nitrogen functional groups attached to an aromatic ring is 1. The van der Waals surface area contributed by atoms with Crippen molar-refractivity contribution in [2.45, 2.75) is 19.9 Å². The standard InChI is InChI=1S/C16H16FN3/c1-10-3-8-15-14(9-10)19-16(18)20(15)11(2)12-4-6-13(17)7-5-12/h3-9,11H,1-2H3,(H2,18,19). The molecule has 0 bridgehead atoms. The van der Waals surface area contributed by atoms with Crippen LogP contribution in [0.3, 0.4) is 0 Å². The summed E-state index contributed by atoms with van der Waals surface area (Å²) in [7, 11) is 0. The van der Waals surface area contributed by atoms with Crippen molar-refractivity contribution in [1.82, 2.24) is 9.55 Å². The summed E-state index contributed by atoms with van der Waals surface area (Å²) < 4.78 is 15.0. The van der Waals surface area contributed by atoms with Crippen molar-refractivity contribution in [2.24, 2.45) is 0 Å². The van der Waals surface area contributed by atoms with E-state index in [-0.39, 0.29) is 11.9 Å². The zero-order valence-electron chi connectivity index (χ0n) is 11.5. The monoisotopic (exact) mass is 269 g/mol. The normalized spacial score (nSPS) is 12.8. The van der Waals surface area contributed by atoms with Crippen molar-refractivity contribution in [3.8, 4) is 0 Å². The number of benzene rings is 2. The zero-order valence-corrected chi connectivity index (χ0v) is 11.5. The molecule has 3 aromatic rings. The number of anilines is 1. The van der Waals surface area contributed by atoms with Crippen molar-refractivity contribution in [1.29, 1.82) is 0 Å². The third-order valence-corrected chi connectivity index (χ3v) is 3.61. The van der Waals surface area contributed by atoms with Gasteiger partial charge >= 0.3 is 0 Å². The summed E-state index contributed by atoms with van der Waals surface area (Å²) in [5.74, 6) is 0.238. The molecule has 0 aliphatic rings. The lowest BCUT2D eigenvalue weighted by molar-refractivity contribution is 0.621. The number of nitrogens with two attached hydrogens (primary N) is 1. The van der Waals surface area contributed by atoms with Crippen LogP contribution in [0.5, 0.6) is 0 Å². The Balaban J connectivity index is 2.13. The van der Waals surface area contributed by atoms with Crippen molar-refractivity contribution >= 4 is 17.0 Å². The molecule has 0 aliphatic heterocycles. The van der Waals surface area contributed by atoms with Gasteiger partial charge < -0.3 is 10.3 Å². The first-order valence-electron chi connectivity index (χ1n) is 6.56. The van der Waals surface area contributed by atoms with Gasteiger partial charge in [0.1, 0.15) is 5.82 Å². The molecule has 2 aromatic carbocycles. The molecule has 1 atom stereocenters. The van der Waals surface area contributed by atoms with Crippen LogP contribution in [0.1, 0.15) is 24.1 Å². The number of fused-ring (bicyclic) bond motifs is 1. The molecule has 0 saturated heterocycles. The van der Waals surface area contributed by atoms with Crippen LogP contribution < -0.4 is 5.73 Å². The van der Waals surface area contributed by atoms with Gasteiger partial charge in [-0.25, -0.2) is 9.37 Å². The molecule has 0 aliphatic carbocycles. The van der Waals surface area contributed by atoms with Gasteiger partial charge in [0, 0.05) is 0 Å². The molecule has 0 spiro atoms. The topological polar surface area (TPSA) is 43.8 Å². The molecular weight excluding hydrogens is 253 g/mol. The summed E-state index contributed by atoms with van der Waals surface area (Å²) in [5.41, 5.74) is 10.1. The largest absolute Gasteiger partial charge is 0.369 e. The predicted molar refractivity (Wildman–Crippen MR) is 79.1 cm³/mol. The van der Waals surface area contributed by atoms with Crippen LogP contribution in [0.15, 0.2) is 42.5 Å². The molecule has 102 valence electrons. The summed E-state index contributed by atoms with van der Waals surface area (Å²) in [5, 5.41) is 0. The molecular formula is C16H16FN3. The van der Waals surface area contributed by atoms with E-state index in [0.717, 1.165) is 22.2 Å². The third-order valence-electron chi connectivity index (χ3n) is 3.61. The molecule has 2 N–H and O–H groups in total. The van der Waals surface area contributed by atoms with Gasteiger partial charge in [0.05, 0.1) is 17.1 Å². The summed E-state index contributed by atoms with van der Waals surface area (Å²) in [6.07, 6.45) is 0. The first kappa shape index (κ1) is 12.7. The lowest BCUT2D eigenvalue weighted by Crippen LogP contribution is -2.10. The van der Waals surface area contributed by atoms with Crippen molar-refractivity contribution in [3.05, 3.63) is 59.4 Å². The molecule has 1 aromatic heterocycles. The Morgan fingerprint density at radius 3 is 2.55 bits per heavy atom. The van der Waals surface area contributed by atoms with E-state index in [1.54, 1.807) is 12.1 Å². The predicted octanol–water partition coefficient (Wildman–Crippen LogP) is 3.68. The van der Waals surface area contributed by atoms with E-state index < -0.39 is 0 Å². The first-order valence-corrected chi connectivity index (χ1v) is 6.56. The Morgan fingerprint density at radius 2 is 1.85 bits per heavy atom. The van der Waals surface area contributed by atoms with Gasteiger partial charge in [0.15, 0.2) is 0 Å². The summed E-state index contributed by atoms with van der Waals surface area (Å²) in [6, 6.07) is 12.6. The van der Waals surface area contributed by atoms with Crippen LogP contribution in [0.25, 0.3) is 11.0 Å². The second-order valence-corrected chi connectivity index (χ2v) is 5.06. The number of rotatable bonds is 2. The van der Waals surface area contributed by atoms with Crippen LogP contribution in [-0.4, -0.2) is 9.55 Å². The second-order valence-electron chi connectivity index (χ2n) is 5.06.